The van der Waals surface area contributed by atoms with Crippen LogP contribution in [0.2, 0.25) is 10.0 Å². The molecule has 0 aliphatic carbocycles. The Morgan fingerprint density at radius 3 is 2.65 bits per heavy atom. The standard InChI is InChI=1S/C24H30Cl2N8O3/c1-2-19(37-22-18(26)7-17(25)9-30-22)21(35)29-8-15-4-3-5-16(6-15)23(36)34-13-24(14-34)11-33(12-24)10-20(31-27)32-28/h3-7,9,19H,2,8,10-14,27-28H2,1H3,(H,29,35)(H,31,32). The first kappa shape index (κ1) is 26.9. The summed E-state index contributed by atoms with van der Waals surface area (Å²) in [7, 11) is 0. The monoisotopic (exact) mass is 548 g/mol. The van der Waals surface area contributed by atoms with Gasteiger partial charge in [0.25, 0.3) is 11.8 Å². The fourth-order valence-electron chi connectivity index (χ4n) is 4.70. The Morgan fingerprint density at radius 2 is 2.00 bits per heavy atom. The average molecular weight is 549 g/mol. The summed E-state index contributed by atoms with van der Waals surface area (Å²) in [4.78, 5) is 33.8. The zero-order valence-corrected chi connectivity index (χ0v) is 21.9. The molecule has 1 aromatic heterocycles. The van der Waals surface area contributed by atoms with Gasteiger partial charge in [-0.15, -0.1) is 0 Å². The van der Waals surface area contributed by atoms with Crippen LogP contribution in [0.3, 0.4) is 0 Å². The van der Waals surface area contributed by atoms with Gasteiger partial charge in [0, 0.05) is 49.9 Å². The first-order chi connectivity index (χ1) is 17.8. The number of nitrogens with zero attached hydrogens (tertiary/aromatic N) is 4. The van der Waals surface area contributed by atoms with Gasteiger partial charge in [0.1, 0.15) is 10.9 Å². The smallest absolute Gasteiger partial charge is 0.261 e. The molecular formula is C24H30Cl2N8O3. The zero-order valence-electron chi connectivity index (χ0n) is 20.4. The van der Waals surface area contributed by atoms with Crippen LogP contribution in [-0.4, -0.2) is 71.3 Å². The fraction of sp³-hybridized carbons (Fsp3) is 0.417. The number of amides is 2. The second-order valence-electron chi connectivity index (χ2n) is 9.40. The number of aromatic nitrogens is 1. The summed E-state index contributed by atoms with van der Waals surface area (Å²) in [6, 6.07) is 8.77. The van der Waals surface area contributed by atoms with E-state index in [1.807, 2.05) is 24.0 Å². The summed E-state index contributed by atoms with van der Waals surface area (Å²) in [5.41, 5.74) is 4.00. The number of ether oxygens (including phenoxy) is 1. The molecule has 13 heteroatoms. The largest absolute Gasteiger partial charge is 0.463 e. The summed E-state index contributed by atoms with van der Waals surface area (Å²) in [6.07, 6.45) is 1.05. The lowest BCUT2D eigenvalue weighted by atomic mass is 9.72. The molecule has 37 heavy (non-hydrogen) atoms. The molecule has 1 spiro atoms. The van der Waals surface area contributed by atoms with Crippen LogP contribution >= 0.6 is 23.2 Å². The van der Waals surface area contributed by atoms with Gasteiger partial charge in [-0.2, -0.15) is 5.10 Å². The SMILES string of the molecule is CCC(Oc1ncc(Cl)cc1Cl)C(=O)NCc1cccc(C(=O)N2CC3(CN(C/C(=N/N)NN)C3)C2)c1. The van der Waals surface area contributed by atoms with Crippen LogP contribution in [0.5, 0.6) is 5.88 Å². The zero-order chi connectivity index (χ0) is 26.6. The van der Waals surface area contributed by atoms with Gasteiger partial charge in [-0.25, -0.2) is 10.8 Å². The van der Waals surface area contributed by atoms with Gasteiger partial charge < -0.3 is 26.2 Å². The maximum atomic E-state index is 13.0. The molecule has 2 saturated heterocycles. The number of carbonyl (C=O) groups excluding carboxylic acids is 2. The molecule has 0 saturated carbocycles. The van der Waals surface area contributed by atoms with E-state index < -0.39 is 6.10 Å². The Kier molecular flexibility index (Phi) is 8.38. The highest BCUT2D eigenvalue weighted by atomic mass is 35.5. The molecule has 2 aliphatic heterocycles. The normalized spacial score (nSPS) is 17.5. The van der Waals surface area contributed by atoms with E-state index in [4.69, 9.17) is 39.6 Å². The lowest BCUT2D eigenvalue weighted by Crippen LogP contribution is -2.73. The highest BCUT2D eigenvalue weighted by Crippen LogP contribution is 2.40. The first-order valence-electron chi connectivity index (χ1n) is 11.8. The molecule has 11 nitrogen and oxygen atoms in total. The van der Waals surface area contributed by atoms with E-state index in [0.29, 0.717) is 42.5 Å². The van der Waals surface area contributed by atoms with E-state index in [2.05, 4.69) is 25.7 Å². The number of nitrogens with one attached hydrogen (secondary N) is 2. The predicted molar refractivity (Wildman–Crippen MR) is 141 cm³/mol. The van der Waals surface area contributed by atoms with Crippen LogP contribution in [0.4, 0.5) is 0 Å². The van der Waals surface area contributed by atoms with Crippen molar-refractivity contribution in [3.63, 3.8) is 0 Å². The third kappa shape index (κ3) is 6.24. The molecule has 2 fully saturated rings. The van der Waals surface area contributed by atoms with Crippen LogP contribution in [0.15, 0.2) is 41.6 Å². The van der Waals surface area contributed by atoms with Crippen molar-refractivity contribution in [2.75, 3.05) is 32.7 Å². The van der Waals surface area contributed by atoms with Gasteiger partial charge >= 0.3 is 0 Å². The Bertz CT molecular complexity index is 1180. The molecule has 1 unspecified atom stereocenters. The number of hydrazone groups is 1. The molecule has 4 rings (SSSR count). The Hall–Kier alpha value is -3.12. The van der Waals surface area contributed by atoms with Crippen LogP contribution in [0.1, 0.15) is 29.3 Å². The number of benzene rings is 1. The lowest BCUT2D eigenvalue weighted by Gasteiger charge is -2.60. The predicted octanol–water partition coefficient (Wildman–Crippen LogP) is 1.36. The molecule has 2 aliphatic rings. The Labute approximate surface area is 225 Å². The van der Waals surface area contributed by atoms with E-state index in [0.717, 1.165) is 18.7 Å². The van der Waals surface area contributed by atoms with E-state index in [-0.39, 0.29) is 34.7 Å². The summed E-state index contributed by atoms with van der Waals surface area (Å²) in [5, 5.41) is 7.08. The van der Waals surface area contributed by atoms with Crippen molar-refractivity contribution in [3.05, 3.63) is 57.7 Å². The van der Waals surface area contributed by atoms with Crippen molar-refractivity contribution >= 4 is 40.9 Å². The lowest BCUT2D eigenvalue weighted by molar-refractivity contribution is -0.128. The average Bonchev–Trinajstić information content (AvgIpc) is 2.85. The summed E-state index contributed by atoms with van der Waals surface area (Å²) in [5.74, 6) is 11.0. The fourth-order valence-corrected chi connectivity index (χ4v) is 5.13. The Balaban J connectivity index is 1.27. The van der Waals surface area contributed by atoms with Gasteiger partial charge in [0.05, 0.1) is 11.6 Å². The van der Waals surface area contributed by atoms with Crippen molar-refractivity contribution in [2.24, 2.45) is 22.2 Å². The maximum Gasteiger partial charge on any atom is 0.261 e. The number of halogens is 2. The first-order valence-corrected chi connectivity index (χ1v) is 12.6. The number of nitrogens with two attached hydrogens (primary N) is 2. The number of rotatable bonds is 9. The second kappa shape index (κ2) is 11.5. The number of hydrogen-bond acceptors (Lipinski definition) is 8. The van der Waals surface area contributed by atoms with Crippen LogP contribution in [0, 0.1) is 5.41 Å². The third-order valence-electron chi connectivity index (χ3n) is 6.49. The van der Waals surface area contributed by atoms with Gasteiger partial charge in [-0.05, 0) is 30.2 Å². The molecule has 1 atom stereocenters. The van der Waals surface area contributed by atoms with Crippen LogP contribution < -0.4 is 27.2 Å². The van der Waals surface area contributed by atoms with Crippen molar-refractivity contribution in [2.45, 2.75) is 26.0 Å². The minimum Gasteiger partial charge on any atom is -0.463 e. The van der Waals surface area contributed by atoms with E-state index in [9.17, 15) is 9.59 Å². The summed E-state index contributed by atoms with van der Waals surface area (Å²) >= 11 is 12.0. The van der Waals surface area contributed by atoms with Crippen LogP contribution in [-0.2, 0) is 11.3 Å². The van der Waals surface area contributed by atoms with E-state index >= 15 is 0 Å². The van der Waals surface area contributed by atoms with Gasteiger partial charge in [-0.1, -0.05) is 42.3 Å². The highest BCUT2D eigenvalue weighted by molar-refractivity contribution is 6.35. The van der Waals surface area contributed by atoms with E-state index in [1.165, 1.54) is 12.3 Å². The molecule has 0 radical (unpaired) electrons. The van der Waals surface area contributed by atoms with Gasteiger partial charge in [0.2, 0.25) is 5.88 Å². The van der Waals surface area contributed by atoms with Crippen molar-refractivity contribution in [3.8, 4) is 5.88 Å². The molecule has 3 heterocycles. The van der Waals surface area contributed by atoms with Crippen LogP contribution in [0.25, 0.3) is 0 Å². The van der Waals surface area contributed by atoms with Crippen molar-refractivity contribution < 1.29 is 14.3 Å². The number of pyridine rings is 1. The minimum absolute atomic E-state index is 0.0247. The Morgan fingerprint density at radius 1 is 1.24 bits per heavy atom. The van der Waals surface area contributed by atoms with E-state index in [1.54, 1.807) is 12.1 Å². The van der Waals surface area contributed by atoms with Crippen molar-refractivity contribution in [1.29, 1.82) is 0 Å². The molecule has 1 aromatic carbocycles. The molecular weight excluding hydrogens is 519 g/mol. The number of carbonyl (C=O) groups is 2. The maximum absolute atomic E-state index is 13.0. The topological polar surface area (TPSA) is 151 Å². The molecule has 198 valence electrons. The highest BCUT2D eigenvalue weighted by Gasteiger charge is 2.53. The number of amidine groups is 1. The van der Waals surface area contributed by atoms with Gasteiger partial charge in [0.15, 0.2) is 6.10 Å². The molecule has 6 N–H and O–H groups in total. The second-order valence-corrected chi connectivity index (χ2v) is 10.2. The summed E-state index contributed by atoms with van der Waals surface area (Å²) < 4.78 is 5.69. The number of hydrogen-bond donors (Lipinski definition) is 4. The number of hydrazine groups is 1. The quantitative estimate of drug-likeness (QED) is 0.158. The van der Waals surface area contributed by atoms with Gasteiger partial charge in [-0.3, -0.25) is 14.5 Å². The molecule has 2 aromatic rings. The molecule has 0 bridgehead atoms. The molecule has 2 amide bonds. The third-order valence-corrected chi connectivity index (χ3v) is 6.96. The minimum atomic E-state index is -0.775. The number of likely N-dealkylation sites (tertiary alicyclic amines) is 2. The van der Waals surface area contributed by atoms with Crippen molar-refractivity contribution in [1.82, 2.24) is 25.5 Å². The summed E-state index contributed by atoms with van der Waals surface area (Å²) in [6.45, 7) is 5.76.